The van der Waals surface area contributed by atoms with E-state index in [9.17, 15) is 19.2 Å². The van der Waals surface area contributed by atoms with Gasteiger partial charge in [0.2, 0.25) is 0 Å². The lowest BCUT2D eigenvalue weighted by atomic mass is 9.95. The van der Waals surface area contributed by atoms with Gasteiger partial charge in [-0.15, -0.1) is 0 Å². The molecule has 62 heavy (non-hydrogen) atoms. The normalized spacial score (nSPS) is 14.5. The number of hydrogen-bond donors (Lipinski definition) is 2. The zero-order chi connectivity index (χ0) is 43.1. The molecule has 10 rings (SSSR count). The van der Waals surface area contributed by atoms with E-state index in [1.165, 1.54) is 0 Å². The quantitative estimate of drug-likeness (QED) is 0.118. The van der Waals surface area contributed by atoms with Gasteiger partial charge in [0.1, 0.15) is 5.75 Å². The van der Waals surface area contributed by atoms with E-state index in [2.05, 4.69) is 57.3 Å². The van der Waals surface area contributed by atoms with Gasteiger partial charge in [-0.2, -0.15) is 0 Å². The first-order chi connectivity index (χ1) is 30.2. The summed E-state index contributed by atoms with van der Waals surface area (Å²) in [6.07, 6.45) is 10.8. The van der Waals surface area contributed by atoms with Gasteiger partial charge in [-0.3, -0.25) is 19.2 Å². The van der Waals surface area contributed by atoms with Crippen LogP contribution in [-0.2, 0) is 32.3 Å². The van der Waals surface area contributed by atoms with Crippen molar-refractivity contribution >= 4 is 89.0 Å². The SMILES string of the molecule is CCCCn1cc(C2=C(c3c[nH]c4ccccc34)C(=O)CC2=O)c2ccccc21.COc1ccc2c(c1)c(C1=C(c3c[nH]c4ccccc34)C(=O)CC1=O)cn2CCCN(C)C. The lowest BCUT2D eigenvalue weighted by Crippen LogP contribution is -2.14. The molecular formula is C52H49N5O5. The maximum absolute atomic E-state index is 13.2. The number of fused-ring (bicyclic) bond motifs is 4. The molecular weight excluding hydrogens is 775 g/mol. The molecule has 312 valence electrons. The molecule has 0 saturated carbocycles. The van der Waals surface area contributed by atoms with Crippen LogP contribution in [0.5, 0.6) is 5.75 Å². The number of aromatic amines is 2. The van der Waals surface area contributed by atoms with E-state index >= 15 is 0 Å². The number of benzene rings is 4. The summed E-state index contributed by atoms with van der Waals surface area (Å²) >= 11 is 0. The fraction of sp³-hybridized carbons (Fsp3) is 0.231. The number of carbonyl (C=O) groups excluding carboxylic acids is 4. The van der Waals surface area contributed by atoms with Crippen molar-refractivity contribution < 1.29 is 23.9 Å². The molecule has 0 atom stereocenters. The van der Waals surface area contributed by atoms with Gasteiger partial charge in [0.25, 0.3) is 0 Å². The Bertz CT molecular complexity index is 3150. The highest BCUT2D eigenvalue weighted by Crippen LogP contribution is 2.43. The zero-order valence-electron chi connectivity index (χ0n) is 35.5. The summed E-state index contributed by atoms with van der Waals surface area (Å²) in [6, 6.07) is 29.8. The number of unbranched alkanes of at least 4 members (excludes halogenated alkanes) is 1. The van der Waals surface area contributed by atoms with Crippen LogP contribution in [0.25, 0.3) is 65.9 Å². The molecule has 4 aromatic carbocycles. The number of Topliss-reactive ketones (excluding diaryl/α,β-unsaturated/α-hetero) is 4. The van der Waals surface area contributed by atoms with E-state index in [1.54, 1.807) is 7.11 Å². The molecule has 4 aromatic heterocycles. The Kier molecular flexibility index (Phi) is 10.9. The largest absolute Gasteiger partial charge is 0.497 e. The van der Waals surface area contributed by atoms with E-state index in [4.69, 9.17) is 4.74 Å². The molecule has 10 heteroatoms. The number of rotatable bonds is 12. The number of aryl methyl sites for hydroxylation is 2. The number of allylic oxidation sites excluding steroid dienone is 4. The van der Waals surface area contributed by atoms with Crippen molar-refractivity contribution in [3.63, 3.8) is 0 Å². The molecule has 4 heterocycles. The average molecular weight is 824 g/mol. The van der Waals surface area contributed by atoms with Crippen LogP contribution in [0.2, 0.25) is 0 Å². The van der Waals surface area contributed by atoms with Crippen molar-refractivity contribution in [1.82, 2.24) is 24.0 Å². The minimum absolute atomic E-state index is 0.0569. The van der Waals surface area contributed by atoms with Crippen molar-refractivity contribution in [3.8, 4) is 5.75 Å². The molecule has 0 bridgehead atoms. The predicted molar refractivity (Wildman–Crippen MR) is 248 cm³/mol. The summed E-state index contributed by atoms with van der Waals surface area (Å²) in [6.45, 7) is 4.85. The number of H-pyrrole nitrogens is 2. The highest BCUT2D eigenvalue weighted by atomic mass is 16.5. The molecule has 2 aliphatic carbocycles. The minimum Gasteiger partial charge on any atom is -0.497 e. The fourth-order valence-corrected chi connectivity index (χ4v) is 9.20. The fourth-order valence-electron chi connectivity index (χ4n) is 9.20. The monoisotopic (exact) mass is 823 g/mol. The number of nitrogens with zero attached hydrogens (tertiary/aromatic N) is 3. The molecule has 0 amide bonds. The highest BCUT2D eigenvalue weighted by molar-refractivity contribution is 6.53. The van der Waals surface area contributed by atoms with Gasteiger partial charge in [0, 0.05) is 126 Å². The summed E-state index contributed by atoms with van der Waals surface area (Å²) in [7, 11) is 5.76. The molecule has 0 saturated heterocycles. The number of hydrogen-bond acceptors (Lipinski definition) is 6. The summed E-state index contributed by atoms with van der Waals surface area (Å²) in [5.74, 6) is 0.279. The smallest absolute Gasteiger partial charge is 0.172 e. The summed E-state index contributed by atoms with van der Waals surface area (Å²) in [4.78, 5) is 60.9. The molecule has 0 aliphatic heterocycles. The molecule has 8 aromatic rings. The van der Waals surface area contributed by atoms with Gasteiger partial charge in [0.05, 0.1) is 20.0 Å². The van der Waals surface area contributed by atoms with Gasteiger partial charge in [0.15, 0.2) is 23.1 Å². The van der Waals surface area contributed by atoms with Crippen molar-refractivity contribution in [2.45, 2.75) is 52.1 Å². The molecule has 10 nitrogen and oxygen atoms in total. The standard InChI is InChI=1S/C27H27N3O3.C25H22N2O2/c1-29(2)11-6-12-30-16-21(19-13-17(33-3)9-10-23(19)30)27-25(32)14-24(31)26(27)20-15-28-22-8-5-4-7-18(20)22;1-2-3-12-27-15-19(17-9-5-7-11-21(17)27)25-23(29)13-22(28)24(25)18-14-26-20-10-6-4-8-16(18)20/h4-5,7-10,13,15-16,28H,6,11-12,14H2,1-3H3;4-11,14-15,26H,2-3,12-13H2,1H3. The number of ketones is 4. The zero-order valence-corrected chi connectivity index (χ0v) is 35.5. The van der Waals surface area contributed by atoms with E-state index in [-0.39, 0.29) is 36.0 Å². The van der Waals surface area contributed by atoms with Crippen molar-refractivity contribution in [1.29, 1.82) is 0 Å². The average Bonchev–Trinajstić information content (AvgIpc) is 4.13. The summed E-state index contributed by atoms with van der Waals surface area (Å²) < 4.78 is 9.87. The maximum Gasteiger partial charge on any atom is 0.172 e. The number of ether oxygens (including phenoxy) is 1. The van der Waals surface area contributed by atoms with Crippen LogP contribution >= 0.6 is 0 Å². The van der Waals surface area contributed by atoms with Crippen LogP contribution in [0.15, 0.2) is 116 Å². The second-order valence-electron chi connectivity index (χ2n) is 16.4. The number of nitrogens with one attached hydrogen (secondary N) is 2. The third-order valence-electron chi connectivity index (χ3n) is 12.1. The molecule has 2 N–H and O–H groups in total. The van der Waals surface area contributed by atoms with Gasteiger partial charge in [-0.05, 0) is 69.9 Å². The van der Waals surface area contributed by atoms with E-state index in [1.807, 2.05) is 104 Å². The molecule has 0 unspecified atom stereocenters. The van der Waals surface area contributed by atoms with Gasteiger partial charge >= 0.3 is 0 Å². The van der Waals surface area contributed by atoms with Crippen molar-refractivity contribution in [2.24, 2.45) is 0 Å². The second-order valence-corrected chi connectivity index (χ2v) is 16.4. The van der Waals surface area contributed by atoms with Crippen LogP contribution in [-0.4, -0.2) is 74.9 Å². The third kappa shape index (κ3) is 7.20. The van der Waals surface area contributed by atoms with Crippen molar-refractivity contribution in [3.05, 3.63) is 138 Å². The first-order valence-electron chi connectivity index (χ1n) is 21.3. The first-order valence-corrected chi connectivity index (χ1v) is 21.3. The Morgan fingerprint density at radius 3 is 1.56 bits per heavy atom. The van der Waals surface area contributed by atoms with Crippen LogP contribution in [0.1, 0.15) is 61.3 Å². The molecule has 0 fully saturated rings. The number of para-hydroxylation sites is 3. The van der Waals surface area contributed by atoms with Crippen LogP contribution in [0.4, 0.5) is 0 Å². The minimum atomic E-state index is -0.129. The van der Waals surface area contributed by atoms with E-state index in [0.717, 1.165) is 111 Å². The lowest BCUT2D eigenvalue weighted by Gasteiger charge is -2.10. The number of methoxy groups -OCH3 is 1. The number of aromatic nitrogens is 4. The Labute approximate surface area is 359 Å². The highest BCUT2D eigenvalue weighted by Gasteiger charge is 2.36. The second kappa shape index (κ2) is 16.8. The van der Waals surface area contributed by atoms with Crippen molar-refractivity contribution in [2.75, 3.05) is 27.7 Å². The Morgan fingerprint density at radius 2 is 1.03 bits per heavy atom. The third-order valence-corrected chi connectivity index (χ3v) is 12.1. The lowest BCUT2D eigenvalue weighted by molar-refractivity contribution is -0.121. The van der Waals surface area contributed by atoms with Gasteiger partial charge in [-0.1, -0.05) is 67.9 Å². The predicted octanol–water partition coefficient (Wildman–Crippen LogP) is 9.91. The Morgan fingerprint density at radius 1 is 0.565 bits per heavy atom. The topological polar surface area (TPSA) is 122 Å². The van der Waals surface area contributed by atoms with Crippen LogP contribution < -0.4 is 4.74 Å². The Hall–Kier alpha value is -7.04. The van der Waals surface area contributed by atoms with Gasteiger partial charge < -0.3 is 28.7 Å². The number of carbonyl (C=O) groups is 4. The summed E-state index contributed by atoms with van der Waals surface area (Å²) in [5.41, 5.74) is 9.43. The maximum atomic E-state index is 13.2. The van der Waals surface area contributed by atoms with Crippen LogP contribution in [0.3, 0.4) is 0 Å². The van der Waals surface area contributed by atoms with Gasteiger partial charge in [-0.25, -0.2) is 0 Å². The first kappa shape index (κ1) is 40.4. The molecule has 0 spiro atoms. The van der Waals surface area contributed by atoms with E-state index in [0.29, 0.717) is 22.3 Å². The Balaban J connectivity index is 0.000000159. The van der Waals surface area contributed by atoms with Crippen LogP contribution in [0, 0.1) is 0 Å². The molecule has 0 radical (unpaired) electrons. The van der Waals surface area contributed by atoms with E-state index < -0.39 is 0 Å². The molecule has 2 aliphatic rings. The summed E-state index contributed by atoms with van der Waals surface area (Å²) in [5, 5.41) is 3.87.